The lowest BCUT2D eigenvalue weighted by molar-refractivity contribution is -0.140. The molecule has 0 spiro atoms. The summed E-state index contributed by atoms with van der Waals surface area (Å²) in [7, 11) is 1.72. The van der Waals surface area contributed by atoms with Crippen LogP contribution in [0.1, 0.15) is 25.6 Å². The number of hydrogen-bond donors (Lipinski definition) is 1. The predicted molar refractivity (Wildman–Crippen MR) is 46.2 cm³/mol. The molecule has 1 heterocycles. The molecule has 0 aliphatic carbocycles. The fourth-order valence-corrected chi connectivity index (χ4v) is 1.19. The van der Waals surface area contributed by atoms with Crippen LogP contribution in [0.3, 0.4) is 0 Å². The molecular formula is C8H13N3O2. The van der Waals surface area contributed by atoms with Crippen LogP contribution in [0, 0.1) is 5.92 Å². The van der Waals surface area contributed by atoms with Gasteiger partial charge in [-0.3, -0.25) is 9.48 Å². The first-order chi connectivity index (χ1) is 6.02. The molecule has 0 saturated heterocycles. The summed E-state index contributed by atoms with van der Waals surface area (Å²) < 4.78 is 1.51. The number of rotatable bonds is 3. The molecule has 5 nitrogen and oxygen atoms in total. The van der Waals surface area contributed by atoms with Crippen molar-refractivity contribution in [2.75, 3.05) is 0 Å². The van der Waals surface area contributed by atoms with Crippen molar-refractivity contribution in [3.05, 3.63) is 12.2 Å². The molecule has 1 rings (SSSR count). The van der Waals surface area contributed by atoms with Gasteiger partial charge >= 0.3 is 5.97 Å². The number of aromatic nitrogens is 3. The van der Waals surface area contributed by atoms with Crippen LogP contribution < -0.4 is 0 Å². The summed E-state index contributed by atoms with van der Waals surface area (Å²) in [5.41, 5.74) is 0. The molecule has 1 N–H and O–H groups in total. The van der Waals surface area contributed by atoms with E-state index in [-0.39, 0.29) is 5.92 Å². The summed E-state index contributed by atoms with van der Waals surface area (Å²) in [4.78, 5) is 14.8. The lowest BCUT2D eigenvalue weighted by Gasteiger charge is -2.11. The third-order valence-corrected chi connectivity index (χ3v) is 1.83. The van der Waals surface area contributed by atoms with Gasteiger partial charge in [0.2, 0.25) is 0 Å². The van der Waals surface area contributed by atoms with Gasteiger partial charge in [0.05, 0.1) is 0 Å². The second-order valence-corrected chi connectivity index (χ2v) is 3.34. The number of carboxylic acid groups (broad SMARTS) is 1. The molecule has 0 amide bonds. The summed E-state index contributed by atoms with van der Waals surface area (Å²) in [6, 6.07) is 0. The molecule has 0 aromatic carbocycles. The molecule has 13 heavy (non-hydrogen) atoms. The lowest BCUT2D eigenvalue weighted by Crippen LogP contribution is -2.19. The van der Waals surface area contributed by atoms with E-state index < -0.39 is 11.9 Å². The molecule has 0 aliphatic heterocycles. The summed E-state index contributed by atoms with van der Waals surface area (Å²) in [5, 5.41) is 12.9. The SMILES string of the molecule is CC(C)C(C(=O)O)c1ncn(C)n1. The minimum atomic E-state index is -0.874. The van der Waals surface area contributed by atoms with Gasteiger partial charge in [0, 0.05) is 7.05 Å². The largest absolute Gasteiger partial charge is 0.481 e. The zero-order chi connectivity index (χ0) is 10.0. The van der Waals surface area contributed by atoms with E-state index in [1.165, 1.54) is 11.0 Å². The Morgan fingerprint density at radius 1 is 1.62 bits per heavy atom. The van der Waals surface area contributed by atoms with Crippen molar-refractivity contribution in [3.63, 3.8) is 0 Å². The minimum Gasteiger partial charge on any atom is -0.481 e. The third-order valence-electron chi connectivity index (χ3n) is 1.83. The van der Waals surface area contributed by atoms with Crippen LogP contribution in [0.5, 0.6) is 0 Å². The molecule has 0 aliphatic rings. The fourth-order valence-electron chi connectivity index (χ4n) is 1.19. The van der Waals surface area contributed by atoms with Crippen LogP contribution in [-0.4, -0.2) is 25.8 Å². The zero-order valence-electron chi connectivity index (χ0n) is 7.93. The van der Waals surface area contributed by atoms with Crippen molar-refractivity contribution in [1.29, 1.82) is 0 Å². The molecule has 72 valence electrons. The quantitative estimate of drug-likeness (QED) is 0.746. The minimum absolute atomic E-state index is 0.0000926. The maximum absolute atomic E-state index is 10.9. The molecule has 0 bridgehead atoms. The standard InChI is InChI=1S/C8H13N3O2/c1-5(2)6(8(12)13)7-9-4-11(3)10-7/h4-6H,1-3H3,(H,12,13). The second kappa shape index (κ2) is 3.55. The smallest absolute Gasteiger partial charge is 0.314 e. The molecule has 1 atom stereocenters. The van der Waals surface area contributed by atoms with E-state index in [1.54, 1.807) is 7.05 Å². The van der Waals surface area contributed by atoms with E-state index in [0.29, 0.717) is 5.82 Å². The topological polar surface area (TPSA) is 68.0 Å². The van der Waals surface area contributed by atoms with Crippen LogP contribution in [0.2, 0.25) is 0 Å². The highest BCUT2D eigenvalue weighted by Crippen LogP contribution is 2.20. The Morgan fingerprint density at radius 3 is 2.54 bits per heavy atom. The molecule has 0 radical (unpaired) electrons. The third kappa shape index (κ3) is 2.05. The predicted octanol–water partition coefficient (Wildman–Crippen LogP) is 0.639. The van der Waals surface area contributed by atoms with Crippen molar-refractivity contribution < 1.29 is 9.90 Å². The Kier molecular flexibility index (Phi) is 2.65. The second-order valence-electron chi connectivity index (χ2n) is 3.34. The molecular weight excluding hydrogens is 170 g/mol. The van der Waals surface area contributed by atoms with Crippen molar-refractivity contribution in [2.45, 2.75) is 19.8 Å². The van der Waals surface area contributed by atoms with Crippen LogP contribution in [-0.2, 0) is 11.8 Å². The van der Waals surface area contributed by atoms with Gasteiger partial charge in [0.25, 0.3) is 0 Å². The molecule has 1 aromatic rings. The highest BCUT2D eigenvalue weighted by molar-refractivity contribution is 5.75. The van der Waals surface area contributed by atoms with Gasteiger partial charge in [-0.15, -0.1) is 0 Å². The molecule has 0 saturated carbocycles. The Hall–Kier alpha value is -1.39. The first-order valence-electron chi connectivity index (χ1n) is 4.10. The zero-order valence-corrected chi connectivity index (χ0v) is 7.93. The van der Waals surface area contributed by atoms with Crippen LogP contribution >= 0.6 is 0 Å². The monoisotopic (exact) mass is 183 g/mol. The van der Waals surface area contributed by atoms with Crippen molar-refractivity contribution >= 4 is 5.97 Å². The van der Waals surface area contributed by atoms with E-state index >= 15 is 0 Å². The van der Waals surface area contributed by atoms with Crippen molar-refractivity contribution in [3.8, 4) is 0 Å². The number of carbonyl (C=O) groups is 1. The van der Waals surface area contributed by atoms with Gasteiger partial charge in [-0.05, 0) is 5.92 Å². The molecule has 5 heteroatoms. The van der Waals surface area contributed by atoms with E-state index in [1.807, 2.05) is 13.8 Å². The molecule has 1 unspecified atom stereocenters. The van der Waals surface area contributed by atoms with Gasteiger partial charge in [0.1, 0.15) is 12.2 Å². The number of aryl methyl sites for hydroxylation is 1. The summed E-state index contributed by atoms with van der Waals surface area (Å²) in [6.07, 6.45) is 1.51. The fraction of sp³-hybridized carbons (Fsp3) is 0.625. The van der Waals surface area contributed by atoms with E-state index in [2.05, 4.69) is 10.1 Å². The first-order valence-corrected chi connectivity index (χ1v) is 4.10. The van der Waals surface area contributed by atoms with E-state index in [9.17, 15) is 4.79 Å². The van der Waals surface area contributed by atoms with Gasteiger partial charge in [-0.25, -0.2) is 4.98 Å². The Bertz CT molecular complexity index is 306. The normalized spacial score (nSPS) is 13.2. The summed E-state index contributed by atoms with van der Waals surface area (Å²) >= 11 is 0. The average molecular weight is 183 g/mol. The molecule has 0 fully saturated rings. The highest BCUT2D eigenvalue weighted by atomic mass is 16.4. The Balaban J connectivity index is 2.95. The number of carboxylic acids is 1. The summed E-state index contributed by atoms with van der Waals surface area (Å²) in [6.45, 7) is 3.68. The van der Waals surface area contributed by atoms with Crippen LogP contribution in [0.15, 0.2) is 6.33 Å². The van der Waals surface area contributed by atoms with Crippen LogP contribution in [0.4, 0.5) is 0 Å². The van der Waals surface area contributed by atoms with Gasteiger partial charge < -0.3 is 5.11 Å². The van der Waals surface area contributed by atoms with Gasteiger partial charge in [-0.1, -0.05) is 13.8 Å². The average Bonchev–Trinajstić information content (AvgIpc) is 2.34. The lowest BCUT2D eigenvalue weighted by atomic mass is 9.95. The first kappa shape index (κ1) is 9.70. The van der Waals surface area contributed by atoms with E-state index in [4.69, 9.17) is 5.11 Å². The van der Waals surface area contributed by atoms with Gasteiger partial charge in [0.15, 0.2) is 5.82 Å². The van der Waals surface area contributed by atoms with Crippen LogP contribution in [0.25, 0.3) is 0 Å². The number of aliphatic carboxylic acids is 1. The number of nitrogens with zero attached hydrogens (tertiary/aromatic N) is 3. The maximum atomic E-state index is 10.9. The van der Waals surface area contributed by atoms with Crippen molar-refractivity contribution in [1.82, 2.24) is 14.8 Å². The Labute approximate surface area is 76.4 Å². The summed E-state index contributed by atoms with van der Waals surface area (Å²) in [5.74, 6) is -1.10. The highest BCUT2D eigenvalue weighted by Gasteiger charge is 2.27. The molecule has 1 aromatic heterocycles. The Morgan fingerprint density at radius 2 is 2.23 bits per heavy atom. The number of hydrogen-bond acceptors (Lipinski definition) is 3. The van der Waals surface area contributed by atoms with Crippen molar-refractivity contribution in [2.24, 2.45) is 13.0 Å². The maximum Gasteiger partial charge on any atom is 0.314 e. The van der Waals surface area contributed by atoms with Gasteiger partial charge in [-0.2, -0.15) is 5.10 Å². The van der Waals surface area contributed by atoms with E-state index in [0.717, 1.165) is 0 Å².